The summed E-state index contributed by atoms with van der Waals surface area (Å²) >= 11 is 0. The molecule has 0 aromatic carbocycles. The zero-order valence-electron chi connectivity index (χ0n) is 12.4. The van der Waals surface area contributed by atoms with Gasteiger partial charge in [0.1, 0.15) is 0 Å². The lowest BCUT2D eigenvalue weighted by Gasteiger charge is -2.33. The minimum atomic E-state index is -0.0805. The molecule has 0 amide bonds. The van der Waals surface area contributed by atoms with Crippen molar-refractivity contribution in [2.75, 3.05) is 19.8 Å². The molecule has 0 bridgehead atoms. The first-order valence-electron chi connectivity index (χ1n) is 7.80. The monoisotopic (exact) mass is 257 g/mol. The highest BCUT2D eigenvalue weighted by Gasteiger charge is 2.30. The van der Waals surface area contributed by atoms with Gasteiger partial charge < -0.3 is 14.8 Å². The maximum Gasteiger partial charge on any atom is 0.172 e. The van der Waals surface area contributed by atoms with Crippen LogP contribution in [-0.2, 0) is 9.47 Å². The molecule has 1 rings (SSSR count). The lowest BCUT2D eigenvalue weighted by Crippen LogP contribution is -2.48. The van der Waals surface area contributed by atoms with E-state index in [1.165, 1.54) is 38.5 Å². The molecule has 1 N–H and O–H groups in total. The first kappa shape index (κ1) is 15.9. The van der Waals surface area contributed by atoms with Crippen LogP contribution in [0.15, 0.2) is 0 Å². The smallest absolute Gasteiger partial charge is 0.172 e. The summed E-state index contributed by atoms with van der Waals surface area (Å²) in [7, 11) is 0. The number of rotatable bonds is 8. The van der Waals surface area contributed by atoms with Gasteiger partial charge in [0.2, 0.25) is 0 Å². The standard InChI is InChI=1S/C15H31NO2/c1-4-16-14(15(17-5-2)18-6-3)13-11-9-7-8-10-12-13/h13-16H,4-12H2,1-3H3. The summed E-state index contributed by atoms with van der Waals surface area (Å²) in [6.45, 7) is 8.68. The SMILES string of the molecule is CCNC(C1CCCCCC1)C(OCC)OCC. The molecule has 1 saturated carbocycles. The fraction of sp³-hybridized carbons (Fsp3) is 1.00. The van der Waals surface area contributed by atoms with Gasteiger partial charge in [-0.05, 0) is 39.2 Å². The first-order valence-corrected chi connectivity index (χ1v) is 7.80. The van der Waals surface area contributed by atoms with Gasteiger partial charge >= 0.3 is 0 Å². The van der Waals surface area contributed by atoms with Crippen LogP contribution in [0.25, 0.3) is 0 Å². The lowest BCUT2D eigenvalue weighted by atomic mass is 9.91. The Balaban J connectivity index is 2.63. The van der Waals surface area contributed by atoms with Crippen molar-refractivity contribution < 1.29 is 9.47 Å². The molecule has 3 heteroatoms. The normalized spacial score (nSPS) is 20.0. The lowest BCUT2D eigenvalue weighted by molar-refractivity contribution is -0.163. The molecule has 1 atom stereocenters. The number of hydrogen-bond acceptors (Lipinski definition) is 3. The molecule has 108 valence electrons. The van der Waals surface area contributed by atoms with Crippen LogP contribution in [0.4, 0.5) is 0 Å². The molecule has 1 fully saturated rings. The largest absolute Gasteiger partial charge is 0.351 e. The van der Waals surface area contributed by atoms with Crippen LogP contribution in [0.2, 0.25) is 0 Å². The Kier molecular flexibility index (Phi) is 8.64. The molecule has 1 aliphatic carbocycles. The molecule has 0 aliphatic heterocycles. The third-order valence-corrected chi connectivity index (χ3v) is 3.80. The van der Waals surface area contributed by atoms with Crippen LogP contribution in [0.3, 0.4) is 0 Å². The highest BCUT2D eigenvalue weighted by molar-refractivity contribution is 4.81. The Morgan fingerprint density at radius 3 is 1.94 bits per heavy atom. The van der Waals surface area contributed by atoms with E-state index in [-0.39, 0.29) is 6.29 Å². The average Bonchev–Trinajstić information content (AvgIpc) is 2.64. The highest BCUT2D eigenvalue weighted by atomic mass is 16.7. The summed E-state index contributed by atoms with van der Waals surface area (Å²) in [6, 6.07) is 0.355. The Morgan fingerprint density at radius 2 is 1.50 bits per heavy atom. The molecule has 1 unspecified atom stereocenters. The van der Waals surface area contributed by atoms with Gasteiger partial charge in [0.25, 0.3) is 0 Å². The fourth-order valence-corrected chi connectivity index (χ4v) is 2.97. The third kappa shape index (κ3) is 5.25. The quantitative estimate of drug-likeness (QED) is 0.534. The van der Waals surface area contributed by atoms with Gasteiger partial charge in [0, 0.05) is 13.2 Å². The molecule has 18 heavy (non-hydrogen) atoms. The van der Waals surface area contributed by atoms with Crippen molar-refractivity contribution in [2.45, 2.75) is 71.6 Å². The third-order valence-electron chi connectivity index (χ3n) is 3.80. The van der Waals surface area contributed by atoms with Crippen molar-refractivity contribution in [3.05, 3.63) is 0 Å². The molecule has 0 saturated heterocycles. The van der Waals surface area contributed by atoms with E-state index in [1.54, 1.807) is 0 Å². The van der Waals surface area contributed by atoms with Gasteiger partial charge in [-0.25, -0.2) is 0 Å². The highest BCUT2D eigenvalue weighted by Crippen LogP contribution is 2.28. The van der Waals surface area contributed by atoms with E-state index in [9.17, 15) is 0 Å². The number of likely N-dealkylation sites (N-methyl/N-ethyl adjacent to an activating group) is 1. The summed E-state index contributed by atoms with van der Waals surface area (Å²) in [4.78, 5) is 0. The van der Waals surface area contributed by atoms with Gasteiger partial charge in [-0.15, -0.1) is 0 Å². The molecule has 0 spiro atoms. The van der Waals surface area contributed by atoms with Crippen molar-refractivity contribution >= 4 is 0 Å². The molecule has 3 nitrogen and oxygen atoms in total. The molecular formula is C15H31NO2. The van der Waals surface area contributed by atoms with E-state index in [2.05, 4.69) is 12.2 Å². The first-order chi connectivity index (χ1) is 8.83. The van der Waals surface area contributed by atoms with Gasteiger partial charge in [-0.2, -0.15) is 0 Å². The average molecular weight is 257 g/mol. The van der Waals surface area contributed by atoms with E-state index >= 15 is 0 Å². The van der Waals surface area contributed by atoms with Crippen molar-refractivity contribution in [1.82, 2.24) is 5.32 Å². The number of hydrogen-bond donors (Lipinski definition) is 1. The predicted octanol–water partition coefficient (Wildman–Crippen LogP) is 3.33. The fourth-order valence-electron chi connectivity index (χ4n) is 2.97. The zero-order chi connectivity index (χ0) is 13.2. The molecule has 0 aromatic rings. The summed E-state index contributed by atoms with van der Waals surface area (Å²) < 4.78 is 11.6. The summed E-state index contributed by atoms with van der Waals surface area (Å²) in [5.74, 6) is 0.704. The van der Waals surface area contributed by atoms with E-state index in [0.717, 1.165) is 19.8 Å². The minimum Gasteiger partial charge on any atom is -0.351 e. The predicted molar refractivity (Wildman–Crippen MR) is 75.7 cm³/mol. The second-order valence-corrected chi connectivity index (χ2v) is 5.11. The van der Waals surface area contributed by atoms with E-state index < -0.39 is 0 Å². The summed E-state index contributed by atoms with van der Waals surface area (Å²) in [5, 5.41) is 3.60. The number of ether oxygens (including phenoxy) is 2. The van der Waals surface area contributed by atoms with Crippen molar-refractivity contribution in [3.63, 3.8) is 0 Å². The maximum absolute atomic E-state index is 5.81. The Hall–Kier alpha value is -0.120. The van der Waals surface area contributed by atoms with Crippen LogP contribution in [0.5, 0.6) is 0 Å². The van der Waals surface area contributed by atoms with Gasteiger partial charge in [0.05, 0.1) is 6.04 Å². The second-order valence-electron chi connectivity index (χ2n) is 5.11. The van der Waals surface area contributed by atoms with Crippen LogP contribution in [0, 0.1) is 5.92 Å². The molecule has 0 radical (unpaired) electrons. The molecular weight excluding hydrogens is 226 g/mol. The molecule has 0 heterocycles. The second kappa shape index (κ2) is 9.76. The Morgan fingerprint density at radius 1 is 0.944 bits per heavy atom. The van der Waals surface area contributed by atoms with E-state index in [4.69, 9.17) is 9.47 Å². The van der Waals surface area contributed by atoms with Crippen LogP contribution in [-0.4, -0.2) is 32.1 Å². The van der Waals surface area contributed by atoms with Crippen molar-refractivity contribution in [2.24, 2.45) is 5.92 Å². The molecule has 1 aliphatic rings. The van der Waals surface area contributed by atoms with Crippen LogP contribution >= 0.6 is 0 Å². The minimum absolute atomic E-state index is 0.0805. The van der Waals surface area contributed by atoms with Crippen LogP contribution in [0.1, 0.15) is 59.3 Å². The zero-order valence-corrected chi connectivity index (χ0v) is 12.4. The van der Waals surface area contributed by atoms with Crippen molar-refractivity contribution in [1.29, 1.82) is 0 Å². The van der Waals surface area contributed by atoms with Gasteiger partial charge in [-0.3, -0.25) is 0 Å². The Bertz CT molecular complexity index is 183. The van der Waals surface area contributed by atoms with Gasteiger partial charge in [0.15, 0.2) is 6.29 Å². The summed E-state index contributed by atoms with van der Waals surface area (Å²) in [6.07, 6.45) is 8.05. The maximum atomic E-state index is 5.81. The topological polar surface area (TPSA) is 30.5 Å². The number of nitrogens with one attached hydrogen (secondary N) is 1. The van der Waals surface area contributed by atoms with E-state index in [0.29, 0.717) is 12.0 Å². The van der Waals surface area contributed by atoms with E-state index in [1.807, 2.05) is 13.8 Å². The van der Waals surface area contributed by atoms with Crippen LogP contribution < -0.4 is 5.32 Å². The Labute approximate surface area is 113 Å². The summed E-state index contributed by atoms with van der Waals surface area (Å²) in [5.41, 5.74) is 0. The van der Waals surface area contributed by atoms with Gasteiger partial charge in [-0.1, -0.05) is 32.6 Å². The molecule has 0 aromatic heterocycles. The van der Waals surface area contributed by atoms with Crippen molar-refractivity contribution in [3.8, 4) is 0 Å².